The molecule has 1 N–H and O–H groups in total. The third kappa shape index (κ3) is 4.68. The standard InChI is InChI=1S/C28H29N7O3/c1-6-37-23-11-9-20(14-24(23)38-7-2)28(36)32-25-13-19(5)33-35(25)27-21-15-31-34(26(21)29-16-30-27)22-10-8-17(3)12-18(22)4/h8-16H,6-7H2,1-5H3,(H,32,36). The molecular weight excluding hydrogens is 482 g/mol. The van der Waals surface area contributed by atoms with Crippen LogP contribution in [0.3, 0.4) is 0 Å². The number of aryl methyl sites for hydroxylation is 3. The zero-order chi connectivity index (χ0) is 26.8. The molecule has 10 heteroatoms. The minimum Gasteiger partial charge on any atom is -0.490 e. The Morgan fingerprint density at radius 1 is 0.921 bits per heavy atom. The molecule has 10 nitrogen and oxygen atoms in total. The molecule has 0 aliphatic rings. The Hall–Kier alpha value is -4.73. The maximum absolute atomic E-state index is 13.3. The third-order valence-electron chi connectivity index (χ3n) is 6.00. The highest BCUT2D eigenvalue weighted by atomic mass is 16.5. The second kappa shape index (κ2) is 10.3. The van der Waals surface area contributed by atoms with Gasteiger partial charge in [0.1, 0.15) is 12.1 Å². The molecule has 0 bridgehead atoms. The lowest BCUT2D eigenvalue weighted by Gasteiger charge is -2.13. The van der Waals surface area contributed by atoms with Gasteiger partial charge in [0.2, 0.25) is 0 Å². The molecule has 5 aromatic rings. The second-order valence-corrected chi connectivity index (χ2v) is 8.85. The number of hydrogen-bond donors (Lipinski definition) is 1. The van der Waals surface area contributed by atoms with E-state index in [9.17, 15) is 4.79 Å². The maximum atomic E-state index is 13.3. The van der Waals surface area contributed by atoms with Gasteiger partial charge in [0.25, 0.3) is 5.91 Å². The lowest BCUT2D eigenvalue weighted by molar-refractivity contribution is 0.102. The van der Waals surface area contributed by atoms with Crippen molar-refractivity contribution in [3.05, 3.63) is 77.4 Å². The molecule has 5 rings (SSSR count). The molecule has 0 spiro atoms. The monoisotopic (exact) mass is 511 g/mol. The number of nitrogens with zero attached hydrogens (tertiary/aromatic N) is 6. The van der Waals surface area contributed by atoms with E-state index in [-0.39, 0.29) is 5.91 Å². The number of nitrogens with one attached hydrogen (secondary N) is 1. The summed E-state index contributed by atoms with van der Waals surface area (Å²) in [7, 11) is 0. The van der Waals surface area contributed by atoms with Gasteiger partial charge in [-0.05, 0) is 64.4 Å². The van der Waals surface area contributed by atoms with E-state index >= 15 is 0 Å². The fraction of sp³-hybridized carbons (Fsp3) is 0.250. The first-order chi connectivity index (χ1) is 18.4. The van der Waals surface area contributed by atoms with Gasteiger partial charge in [0.05, 0.1) is 36.2 Å². The highest BCUT2D eigenvalue weighted by Crippen LogP contribution is 2.30. The topological polar surface area (TPSA) is 109 Å². The SMILES string of the molecule is CCOc1ccc(C(=O)Nc2cc(C)nn2-c2ncnc3c2cnn3-c2ccc(C)cc2C)cc1OCC. The van der Waals surface area contributed by atoms with E-state index < -0.39 is 0 Å². The molecule has 3 heterocycles. The summed E-state index contributed by atoms with van der Waals surface area (Å²) in [5.41, 5.74) is 4.97. The Morgan fingerprint density at radius 3 is 2.47 bits per heavy atom. The Kier molecular flexibility index (Phi) is 6.78. The van der Waals surface area contributed by atoms with Crippen LogP contribution in [0.5, 0.6) is 11.5 Å². The fourth-order valence-electron chi connectivity index (χ4n) is 4.35. The van der Waals surface area contributed by atoms with Crippen LogP contribution in [0.4, 0.5) is 5.82 Å². The van der Waals surface area contributed by atoms with E-state index in [2.05, 4.69) is 38.5 Å². The van der Waals surface area contributed by atoms with E-state index in [1.807, 2.05) is 39.8 Å². The highest BCUT2D eigenvalue weighted by molar-refractivity contribution is 6.04. The molecule has 2 aromatic carbocycles. The van der Waals surface area contributed by atoms with Gasteiger partial charge in [-0.2, -0.15) is 14.9 Å². The van der Waals surface area contributed by atoms with Crippen molar-refractivity contribution in [1.82, 2.24) is 29.5 Å². The van der Waals surface area contributed by atoms with Gasteiger partial charge in [-0.25, -0.2) is 14.6 Å². The van der Waals surface area contributed by atoms with Crippen molar-refractivity contribution in [3.8, 4) is 23.0 Å². The Bertz CT molecular complexity index is 1640. The normalized spacial score (nSPS) is 11.1. The Balaban J connectivity index is 1.51. The van der Waals surface area contributed by atoms with Gasteiger partial charge in [-0.15, -0.1) is 0 Å². The first kappa shape index (κ1) is 24.9. The Labute approximate surface area is 220 Å². The summed E-state index contributed by atoms with van der Waals surface area (Å²) in [5.74, 6) is 1.78. The van der Waals surface area contributed by atoms with E-state index in [4.69, 9.17) is 9.47 Å². The molecule has 38 heavy (non-hydrogen) atoms. The molecule has 0 aliphatic carbocycles. The number of fused-ring (bicyclic) bond motifs is 1. The first-order valence-electron chi connectivity index (χ1n) is 12.4. The molecule has 0 radical (unpaired) electrons. The minimum absolute atomic E-state index is 0.313. The van der Waals surface area contributed by atoms with Gasteiger partial charge in [0, 0.05) is 11.6 Å². The van der Waals surface area contributed by atoms with Crippen LogP contribution in [0, 0.1) is 20.8 Å². The van der Waals surface area contributed by atoms with Crippen molar-refractivity contribution in [2.75, 3.05) is 18.5 Å². The molecule has 194 valence electrons. The molecule has 0 unspecified atom stereocenters. The number of carbonyl (C=O) groups is 1. The molecule has 3 aromatic heterocycles. The summed E-state index contributed by atoms with van der Waals surface area (Å²) in [6.45, 7) is 10.7. The molecule has 0 saturated carbocycles. The zero-order valence-electron chi connectivity index (χ0n) is 22.0. The van der Waals surface area contributed by atoms with E-state index in [1.54, 1.807) is 39.8 Å². The summed E-state index contributed by atoms with van der Waals surface area (Å²) in [4.78, 5) is 22.2. The van der Waals surface area contributed by atoms with E-state index in [1.165, 1.54) is 11.9 Å². The molecule has 0 saturated heterocycles. The molecule has 0 aliphatic heterocycles. The average molecular weight is 512 g/mol. The number of aromatic nitrogens is 6. The lowest BCUT2D eigenvalue weighted by Crippen LogP contribution is -2.16. The third-order valence-corrected chi connectivity index (χ3v) is 6.00. The van der Waals surface area contributed by atoms with Crippen molar-refractivity contribution in [2.45, 2.75) is 34.6 Å². The van der Waals surface area contributed by atoms with Crippen LogP contribution in [0.1, 0.15) is 41.0 Å². The van der Waals surface area contributed by atoms with Gasteiger partial charge >= 0.3 is 0 Å². The second-order valence-electron chi connectivity index (χ2n) is 8.85. The number of anilines is 1. The first-order valence-corrected chi connectivity index (χ1v) is 12.4. The quantitative estimate of drug-likeness (QED) is 0.313. The maximum Gasteiger partial charge on any atom is 0.256 e. The predicted molar refractivity (Wildman–Crippen MR) is 145 cm³/mol. The predicted octanol–water partition coefficient (Wildman–Crippen LogP) is 4.98. The summed E-state index contributed by atoms with van der Waals surface area (Å²) in [6.07, 6.45) is 3.19. The van der Waals surface area contributed by atoms with Crippen LogP contribution >= 0.6 is 0 Å². The molecule has 0 fully saturated rings. The molecule has 0 atom stereocenters. The number of hydrogen-bond acceptors (Lipinski definition) is 7. The van der Waals surface area contributed by atoms with Crippen molar-refractivity contribution in [3.63, 3.8) is 0 Å². The summed E-state index contributed by atoms with van der Waals surface area (Å²) >= 11 is 0. The number of carbonyl (C=O) groups excluding carboxylic acids is 1. The average Bonchev–Trinajstić information content (AvgIpc) is 3.48. The van der Waals surface area contributed by atoms with Crippen LogP contribution in [0.15, 0.2) is 55.0 Å². The van der Waals surface area contributed by atoms with Crippen LogP contribution < -0.4 is 14.8 Å². The van der Waals surface area contributed by atoms with Gasteiger partial charge < -0.3 is 14.8 Å². The number of amides is 1. The summed E-state index contributed by atoms with van der Waals surface area (Å²) < 4.78 is 14.7. The van der Waals surface area contributed by atoms with Crippen LogP contribution in [-0.2, 0) is 0 Å². The molecular formula is C28H29N7O3. The van der Waals surface area contributed by atoms with Crippen molar-refractivity contribution in [2.24, 2.45) is 0 Å². The minimum atomic E-state index is -0.313. The van der Waals surface area contributed by atoms with E-state index in [0.717, 1.165) is 16.9 Å². The highest BCUT2D eigenvalue weighted by Gasteiger charge is 2.19. The Morgan fingerprint density at radius 2 is 1.71 bits per heavy atom. The summed E-state index contributed by atoms with van der Waals surface area (Å²) in [6, 6.07) is 13.1. The number of benzene rings is 2. The van der Waals surface area contributed by atoms with Crippen molar-refractivity contribution >= 4 is 22.8 Å². The zero-order valence-corrected chi connectivity index (χ0v) is 22.0. The van der Waals surface area contributed by atoms with Gasteiger partial charge in [0.15, 0.2) is 23.0 Å². The smallest absolute Gasteiger partial charge is 0.256 e. The lowest BCUT2D eigenvalue weighted by atomic mass is 10.1. The van der Waals surface area contributed by atoms with Crippen LogP contribution in [0.2, 0.25) is 0 Å². The van der Waals surface area contributed by atoms with Gasteiger partial charge in [-0.1, -0.05) is 17.7 Å². The van der Waals surface area contributed by atoms with Crippen molar-refractivity contribution < 1.29 is 14.3 Å². The van der Waals surface area contributed by atoms with Crippen LogP contribution in [-0.4, -0.2) is 48.6 Å². The number of ether oxygens (including phenoxy) is 2. The number of rotatable bonds is 8. The molecule has 1 amide bonds. The summed E-state index contributed by atoms with van der Waals surface area (Å²) in [5, 5.41) is 12.9. The largest absolute Gasteiger partial charge is 0.490 e. The van der Waals surface area contributed by atoms with Crippen molar-refractivity contribution in [1.29, 1.82) is 0 Å². The van der Waals surface area contributed by atoms with E-state index in [0.29, 0.717) is 52.9 Å². The van der Waals surface area contributed by atoms with Crippen LogP contribution in [0.25, 0.3) is 22.5 Å². The fourth-order valence-corrected chi connectivity index (χ4v) is 4.35. The van der Waals surface area contributed by atoms with Gasteiger partial charge in [-0.3, -0.25) is 4.79 Å².